The maximum absolute atomic E-state index is 12.3. The fraction of sp³-hybridized carbons (Fsp3) is 0.714. The first-order valence-electron chi connectivity index (χ1n) is 7.21. The summed E-state index contributed by atoms with van der Waals surface area (Å²) in [5.41, 5.74) is 6.70. The second-order valence-corrected chi connectivity index (χ2v) is 5.46. The van der Waals surface area contributed by atoms with Gasteiger partial charge in [-0.25, -0.2) is 0 Å². The Morgan fingerprint density at radius 2 is 2.21 bits per heavy atom. The van der Waals surface area contributed by atoms with E-state index in [1.807, 2.05) is 0 Å². The van der Waals surface area contributed by atoms with Gasteiger partial charge in [-0.2, -0.15) is 5.10 Å². The number of nitrogens with zero attached hydrogens (tertiary/aromatic N) is 2. The van der Waals surface area contributed by atoms with Gasteiger partial charge in [0.2, 0.25) is 0 Å². The lowest BCUT2D eigenvalue weighted by molar-refractivity contribution is 0.0902. The lowest BCUT2D eigenvalue weighted by Gasteiger charge is -2.30. The van der Waals surface area contributed by atoms with Gasteiger partial charge in [0.25, 0.3) is 5.91 Å². The molecule has 0 saturated heterocycles. The Morgan fingerprint density at radius 1 is 1.53 bits per heavy atom. The van der Waals surface area contributed by atoms with E-state index in [1.54, 1.807) is 7.05 Å². The zero-order valence-electron chi connectivity index (χ0n) is 11.9. The number of carbonyl (C=O) groups excluding carboxylic acids is 1. The standard InChI is InChI=1S/C14H24N4O/c1-3-12(10-7-5-4-6-8-10)17-14(19)13-11(15)9-16-18(13)2/h9-10,12H,3-8,15H2,1-2H3,(H,17,19). The summed E-state index contributed by atoms with van der Waals surface area (Å²) in [4.78, 5) is 12.3. The van der Waals surface area contributed by atoms with Crippen LogP contribution in [0.3, 0.4) is 0 Å². The average Bonchev–Trinajstić information content (AvgIpc) is 2.76. The van der Waals surface area contributed by atoms with Crippen LogP contribution in [0.1, 0.15) is 55.9 Å². The minimum absolute atomic E-state index is 0.102. The van der Waals surface area contributed by atoms with Crippen molar-refractivity contribution in [3.8, 4) is 0 Å². The van der Waals surface area contributed by atoms with E-state index in [0.717, 1.165) is 6.42 Å². The third-order valence-corrected chi connectivity index (χ3v) is 4.16. The molecule has 2 rings (SSSR count). The number of carbonyl (C=O) groups is 1. The Kier molecular flexibility index (Phi) is 4.45. The van der Waals surface area contributed by atoms with E-state index in [-0.39, 0.29) is 11.9 Å². The van der Waals surface area contributed by atoms with Crippen LogP contribution in [0, 0.1) is 5.92 Å². The number of nitrogen functional groups attached to an aromatic ring is 1. The number of rotatable bonds is 4. The van der Waals surface area contributed by atoms with Crippen LogP contribution in [0.5, 0.6) is 0 Å². The molecule has 0 aromatic carbocycles. The number of hydrogen-bond donors (Lipinski definition) is 2. The first kappa shape index (κ1) is 13.9. The lowest BCUT2D eigenvalue weighted by atomic mass is 9.83. The predicted molar refractivity (Wildman–Crippen MR) is 75.7 cm³/mol. The highest BCUT2D eigenvalue weighted by Gasteiger charge is 2.25. The highest BCUT2D eigenvalue weighted by molar-refractivity contribution is 5.97. The van der Waals surface area contributed by atoms with Gasteiger partial charge >= 0.3 is 0 Å². The van der Waals surface area contributed by atoms with Crippen LogP contribution in [0.15, 0.2) is 6.20 Å². The highest BCUT2D eigenvalue weighted by atomic mass is 16.2. The Balaban J connectivity index is 2.03. The number of aromatic nitrogens is 2. The Hall–Kier alpha value is -1.52. The normalized spacial score (nSPS) is 18.2. The number of nitrogens with two attached hydrogens (primary N) is 1. The van der Waals surface area contributed by atoms with Crippen LogP contribution in [0.25, 0.3) is 0 Å². The Labute approximate surface area is 114 Å². The molecule has 1 amide bonds. The summed E-state index contributed by atoms with van der Waals surface area (Å²) in [5.74, 6) is 0.507. The largest absolute Gasteiger partial charge is 0.396 e. The molecule has 5 heteroatoms. The molecule has 0 bridgehead atoms. The number of anilines is 1. The summed E-state index contributed by atoms with van der Waals surface area (Å²) in [6, 6.07) is 0.252. The monoisotopic (exact) mass is 264 g/mol. The molecule has 0 aliphatic heterocycles. The van der Waals surface area contributed by atoms with Crippen molar-refractivity contribution in [1.82, 2.24) is 15.1 Å². The highest BCUT2D eigenvalue weighted by Crippen LogP contribution is 2.28. The second-order valence-electron chi connectivity index (χ2n) is 5.46. The van der Waals surface area contributed by atoms with E-state index >= 15 is 0 Å². The van der Waals surface area contributed by atoms with Gasteiger partial charge in [0.05, 0.1) is 11.9 Å². The summed E-state index contributed by atoms with van der Waals surface area (Å²) in [6.45, 7) is 2.13. The molecule has 1 aromatic heterocycles. The Morgan fingerprint density at radius 3 is 2.74 bits per heavy atom. The van der Waals surface area contributed by atoms with Gasteiger partial charge in [0.15, 0.2) is 0 Å². The van der Waals surface area contributed by atoms with Gasteiger partial charge in [0.1, 0.15) is 5.69 Å². The topological polar surface area (TPSA) is 72.9 Å². The van der Waals surface area contributed by atoms with Crippen LogP contribution < -0.4 is 11.1 Å². The number of amides is 1. The third kappa shape index (κ3) is 3.08. The maximum Gasteiger partial charge on any atom is 0.271 e. The van der Waals surface area contributed by atoms with Crippen molar-refractivity contribution in [2.45, 2.75) is 51.5 Å². The van der Waals surface area contributed by atoms with Gasteiger partial charge in [-0.15, -0.1) is 0 Å². The molecule has 5 nitrogen and oxygen atoms in total. The molecule has 1 saturated carbocycles. The predicted octanol–water partition coefficient (Wildman–Crippen LogP) is 2.09. The molecule has 1 aromatic rings. The van der Waals surface area contributed by atoms with Crippen molar-refractivity contribution < 1.29 is 4.79 Å². The van der Waals surface area contributed by atoms with E-state index < -0.39 is 0 Å². The smallest absolute Gasteiger partial charge is 0.271 e. The SMILES string of the molecule is CCC(NC(=O)c1c(N)cnn1C)C1CCCCC1. The van der Waals surface area contributed by atoms with Crippen molar-refractivity contribution in [2.24, 2.45) is 13.0 Å². The Bertz CT molecular complexity index is 415. The average molecular weight is 264 g/mol. The van der Waals surface area contributed by atoms with E-state index in [0.29, 0.717) is 17.3 Å². The van der Waals surface area contributed by atoms with Gasteiger partial charge in [-0.05, 0) is 25.2 Å². The summed E-state index contributed by atoms with van der Waals surface area (Å²) in [6.07, 6.45) is 8.83. The first-order chi connectivity index (χ1) is 9.13. The third-order valence-electron chi connectivity index (χ3n) is 4.16. The quantitative estimate of drug-likeness (QED) is 0.874. The van der Waals surface area contributed by atoms with Gasteiger partial charge in [-0.1, -0.05) is 26.2 Å². The molecule has 1 fully saturated rings. The van der Waals surface area contributed by atoms with Gasteiger partial charge in [0, 0.05) is 13.1 Å². The van der Waals surface area contributed by atoms with Crippen LogP contribution >= 0.6 is 0 Å². The number of nitrogens with one attached hydrogen (secondary N) is 1. The van der Waals surface area contributed by atoms with Crippen LogP contribution in [-0.2, 0) is 7.05 Å². The van der Waals surface area contributed by atoms with Gasteiger partial charge < -0.3 is 11.1 Å². The molecule has 1 aliphatic carbocycles. The minimum Gasteiger partial charge on any atom is -0.396 e. The van der Waals surface area contributed by atoms with Crippen molar-refractivity contribution in [2.75, 3.05) is 5.73 Å². The lowest BCUT2D eigenvalue weighted by Crippen LogP contribution is -2.41. The zero-order valence-corrected chi connectivity index (χ0v) is 11.9. The minimum atomic E-state index is -0.102. The van der Waals surface area contributed by atoms with Crippen LogP contribution in [-0.4, -0.2) is 21.7 Å². The molecule has 1 atom stereocenters. The molecular weight excluding hydrogens is 240 g/mol. The summed E-state index contributed by atoms with van der Waals surface area (Å²) in [7, 11) is 1.74. The fourth-order valence-electron chi connectivity index (χ4n) is 3.06. The van der Waals surface area contributed by atoms with E-state index in [4.69, 9.17) is 5.73 Å². The first-order valence-corrected chi connectivity index (χ1v) is 7.21. The second kappa shape index (κ2) is 6.08. The van der Waals surface area contributed by atoms with Crippen LogP contribution in [0.4, 0.5) is 5.69 Å². The van der Waals surface area contributed by atoms with E-state index in [9.17, 15) is 4.79 Å². The van der Waals surface area contributed by atoms with Gasteiger partial charge in [-0.3, -0.25) is 9.48 Å². The summed E-state index contributed by atoms with van der Waals surface area (Å²) < 4.78 is 1.54. The molecule has 19 heavy (non-hydrogen) atoms. The molecule has 1 heterocycles. The van der Waals surface area contributed by atoms with Crippen molar-refractivity contribution in [3.05, 3.63) is 11.9 Å². The molecule has 3 N–H and O–H groups in total. The van der Waals surface area contributed by atoms with E-state index in [2.05, 4.69) is 17.3 Å². The molecule has 0 radical (unpaired) electrons. The molecule has 1 unspecified atom stereocenters. The summed E-state index contributed by atoms with van der Waals surface area (Å²) in [5, 5.41) is 7.15. The maximum atomic E-state index is 12.3. The van der Waals surface area contributed by atoms with Crippen LogP contribution in [0.2, 0.25) is 0 Å². The molecule has 0 spiro atoms. The van der Waals surface area contributed by atoms with Crippen molar-refractivity contribution in [1.29, 1.82) is 0 Å². The number of hydrogen-bond acceptors (Lipinski definition) is 3. The molecule has 106 valence electrons. The number of aryl methyl sites for hydroxylation is 1. The fourth-order valence-corrected chi connectivity index (χ4v) is 3.06. The summed E-state index contributed by atoms with van der Waals surface area (Å²) >= 11 is 0. The zero-order chi connectivity index (χ0) is 13.8. The molecular formula is C14H24N4O. The van der Waals surface area contributed by atoms with Crippen molar-refractivity contribution in [3.63, 3.8) is 0 Å². The molecule has 1 aliphatic rings. The van der Waals surface area contributed by atoms with Crippen molar-refractivity contribution >= 4 is 11.6 Å². The van der Waals surface area contributed by atoms with E-state index in [1.165, 1.54) is 43.0 Å².